The van der Waals surface area contributed by atoms with Crippen LogP contribution in [0, 0.1) is 6.92 Å². The van der Waals surface area contributed by atoms with Gasteiger partial charge in [-0.15, -0.1) is 0 Å². The van der Waals surface area contributed by atoms with Crippen LogP contribution in [0.2, 0.25) is 0 Å². The summed E-state index contributed by atoms with van der Waals surface area (Å²) in [4.78, 5) is 11.7. The summed E-state index contributed by atoms with van der Waals surface area (Å²) in [5.41, 5.74) is 2.34. The zero-order valence-corrected chi connectivity index (χ0v) is 13.4. The molecule has 20 heavy (non-hydrogen) atoms. The Bertz CT molecular complexity index is 465. The van der Waals surface area contributed by atoms with E-state index in [1.807, 2.05) is 6.20 Å². The number of aryl methyl sites for hydroxylation is 1. The van der Waals surface area contributed by atoms with Gasteiger partial charge in [0.1, 0.15) is 0 Å². The maximum Gasteiger partial charge on any atom is 0.225 e. The third-order valence-corrected chi connectivity index (χ3v) is 5.16. The first-order chi connectivity index (χ1) is 9.61. The maximum atomic E-state index is 4.73. The molecule has 2 unspecified atom stereocenters. The fraction of sp³-hybridized carbons (Fsp3) is 0.733. The molecule has 2 atom stereocenters. The lowest BCUT2D eigenvalue weighted by Crippen LogP contribution is -2.41. The van der Waals surface area contributed by atoms with E-state index in [1.165, 1.54) is 18.4 Å². The standard InChI is InChI=1S/C15H24N4S/c1-10-8-19(9-11(2)20-10)15-17-7-13(12(3)18-15)6-16-14-4-5-14/h7,10-11,14,16H,4-6,8-9H2,1-3H3. The van der Waals surface area contributed by atoms with Gasteiger partial charge >= 0.3 is 0 Å². The quantitative estimate of drug-likeness (QED) is 0.922. The van der Waals surface area contributed by atoms with Crippen LogP contribution in [0.5, 0.6) is 0 Å². The summed E-state index contributed by atoms with van der Waals surface area (Å²) < 4.78 is 0. The van der Waals surface area contributed by atoms with Gasteiger partial charge in [0.25, 0.3) is 0 Å². The average Bonchev–Trinajstić information content (AvgIpc) is 3.20. The van der Waals surface area contributed by atoms with E-state index in [0.717, 1.165) is 37.3 Å². The summed E-state index contributed by atoms with van der Waals surface area (Å²) in [6.45, 7) is 9.67. The second-order valence-corrected chi connectivity index (χ2v) is 7.98. The van der Waals surface area contributed by atoms with E-state index >= 15 is 0 Å². The lowest BCUT2D eigenvalue weighted by molar-refractivity contribution is 0.672. The highest BCUT2D eigenvalue weighted by Gasteiger charge is 2.24. The van der Waals surface area contributed by atoms with Crippen molar-refractivity contribution < 1.29 is 0 Å². The lowest BCUT2D eigenvalue weighted by atomic mass is 10.2. The molecule has 4 nitrogen and oxygen atoms in total. The van der Waals surface area contributed by atoms with Crippen LogP contribution in [-0.4, -0.2) is 39.6 Å². The molecular weight excluding hydrogens is 268 g/mol. The van der Waals surface area contributed by atoms with E-state index in [-0.39, 0.29) is 0 Å². The SMILES string of the molecule is Cc1nc(N2CC(C)SC(C)C2)ncc1CNC1CC1. The summed E-state index contributed by atoms with van der Waals surface area (Å²) in [5, 5.41) is 4.83. The predicted molar refractivity (Wildman–Crippen MR) is 85.4 cm³/mol. The average molecular weight is 292 g/mol. The van der Waals surface area contributed by atoms with Crippen LogP contribution in [-0.2, 0) is 6.54 Å². The zero-order valence-electron chi connectivity index (χ0n) is 12.6. The van der Waals surface area contributed by atoms with Crippen LogP contribution in [0.15, 0.2) is 6.20 Å². The van der Waals surface area contributed by atoms with Gasteiger partial charge < -0.3 is 10.2 Å². The van der Waals surface area contributed by atoms with Crippen LogP contribution in [0.1, 0.15) is 37.9 Å². The molecule has 5 heteroatoms. The minimum atomic E-state index is 0.652. The fourth-order valence-corrected chi connectivity index (χ4v) is 4.01. The number of thioether (sulfide) groups is 1. The first kappa shape index (κ1) is 14.1. The topological polar surface area (TPSA) is 41.1 Å². The molecule has 1 aromatic rings. The van der Waals surface area contributed by atoms with Crippen LogP contribution in [0.3, 0.4) is 0 Å². The van der Waals surface area contributed by atoms with Gasteiger partial charge in [-0.2, -0.15) is 11.8 Å². The first-order valence-electron chi connectivity index (χ1n) is 7.58. The molecular formula is C15H24N4S. The highest BCUT2D eigenvalue weighted by molar-refractivity contribution is 8.00. The Hall–Kier alpha value is -0.810. The van der Waals surface area contributed by atoms with Gasteiger partial charge in [-0.3, -0.25) is 0 Å². The summed E-state index contributed by atoms with van der Waals surface area (Å²) in [6, 6.07) is 0.731. The molecule has 1 aliphatic heterocycles. The Balaban J connectivity index is 1.68. The number of nitrogens with zero attached hydrogens (tertiary/aromatic N) is 3. The molecule has 2 aliphatic rings. The molecule has 2 fully saturated rings. The molecule has 2 heterocycles. The second kappa shape index (κ2) is 5.90. The molecule has 0 bridgehead atoms. The van der Waals surface area contributed by atoms with Crippen molar-refractivity contribution in [3.05, 3.63) is 17.5 Å². The highest BCUT2D eigenvalue weighted by Crippen LogP contribution is 2.27. The number of nitrogens with one attached hydrogen (secondary N) is 1. The smallest absolute Gasteiger partial charge is 0.225 e. The Morgan fingerprint density at radius 3 is 2.60 bits per heavy atom. The van der Waals surface area contributed by atoms with Gasteiger partial charge in [0.2, 0.25) is 5.95 Å². The number of hydrogen-bond donors (Lipinski definition) is 1. The molecule has 1 aromatic heterocycles. The Kier molecular flexibility index (Phi) is 4.17. The Morgan fingerprint density at radius 2 is 2.00 bits per heavy atom. The molecule has 1 aliphatic carbocycles. The van der Waals surface area contributed by atoms with E-state index in [4.69, 9.17) is 4.98 Å². The van der Waals surface area contributed by atoms with Crippen LogP contribution in [0.4, 0.5) is 5.95 Å². The molecule has 0 radical (unpaired) electrons. The predicted octanol–water partition coefficient (Wildman–Crippen LogP) is 2.37. The Labute approximate surface area is 125 Å². The zero-order chi connectivity index (χ0) is 14.1. The largest absolute Gasteiger partial charge is 0.339 e. The van der Waals surface area contributed by atoms with Gasteiger partial charge in [0.05, 0.1) is 0 Å². The van der Waals surface area contributed by atoms with Crippen molar-refractivity contribution in [2.75, 3.05) is 18.0 Å². The summed E-state index contributed by atoms with van der Waals surface area (Å²) in [6.07, 6.45) is 4.64. The maximum absolute atomic E-state index is 4.73. The number of anilines is 1. The number of hydrogen-bond acceptors (Lipinski definition) is 5. The molecule has 0 aromatic carbocycles. The van der Waals surface area contributed by atoms with Gasteiger partial charge in [-0.25, -0.2) is 9.97 Å². The van der Waals surface area contributed by atoms with Gasteiger partial charge in [0.15, 0.2) is 0 Å². The van der Waals surface area contributed by atoms with Crippen LogP contribution in [0.25, 0.3) is 0 Å². The third kappa shape index (κ3) is 3.44. The van der Waals surface area contributed by atoms with Crippen molar-refractivity contribution >= 4 is 17.7 Å². The summed E-state index contributed by atoms with van der Waals surface area (Å²) in [5.74, 6) is 0.900. The molecule has 1 N–H and O–H groups in total. The minimum Gasteiger partial charge on any atom is -0.339 e. The minimum absolute atomic E-state index is 0.652. The second-order valence-electron chi connectivity index (χ2n) is 6.10. The number of rotatable bonds is 4. The van der Waals surface area contributed by atoms with Crippen LogP contribution < -0.4 is 10.2 Å². The molecule has 1 saturated carbocycles. The summed E-state index contributed by atoms with van der Waals surface area (Å²) in [7, 11) is 0. The van der Waals surface area contributed by atoms with Crippen molar-refractivity contribution in [2.24, 2.45) is 0 Å². The van der Waals surface area contributed by atoms with Crippen molar-refractivity contribution in [3.8, 4) is 0 Å². The molecule has 110 valence electrons. The van der Waals surface area contributed by atoms with Crippen molar-refractivity contribution in [1.82, 2.24) is 15.3 Å². The highest BCUT2D eigenvalue weighted by atomic mass is 32.2. The molecule has 1 saturated heterocycles. The van der Waals surface area contributed by atoms with Gasteiger partial charge in [0, 0.05) is 53.6 Å². The van der Waals surface area contributed by atoms with E-state index in [1.54, 1.807) is 0 Å². The van der Waals surface area contributed by atoms with Crippen molar-refractivity contribution in [3.63, 3.8) is 0 Å². The van der Waals surface area contributed by atoms with Gasteiger partial charge in [-0.1, -0.05) is 13.8 Å². The van der Waals surface area contributed by atoms with E-state index in [0.29, 0.717) is 10.5 Å². The third-order valence-electron chi connectivity index (χ3n) is 3.93. The van der Waals surface area contributed by atoms with E-state index < -0.39 is 0 Å². The molecule has 0 amide bonds. The van der Waals surface area contributed by atoms with E-state index in [9.17, 15) is 0 Å². The lowest BCUT2D eigenvalue weighted by Gasteiger charge is -2.34. The fourth-order valence-electron chi connectivity index (χ4n) is 2.69. The van der Waals surface area contributed by atoms with Crippen LogP contribution >= 0.6 is 11.8 Å². The van der Waals surface area contributed by atoms with Crippen molar-refractivity contribution in [2.45, 2.75) is 56.7 Å². The van der Waals surface area contributed by atoms with Gasteiger partial charge in [-0.05, 0) is 19.8 Å². The number of aromatic nitrogens is 2. The summed E-state index contributed by atoms with van der Waals surface area (Å²) >= 11 is 2.06. The normalized spacial score (nSPS) is 26.9. The Morgan fingerprint density at radius 1 is 1.30 bits per heavy atom. The molecule has 3 rings (SSSR count). The van der Waals surface area contributed by atoms with E-state index in [2.05, 4.69) is 47.7 Å². The van der Waals surface area contributed by atoms with Crippen molar-refractivity contribution in [1.29, 1.82) is 0 Å². The molecule has 0 spiro atoms. The first-order valence-corrected chi connectivity index (χ1v) is 8.52. The monoisotopic (exact) mass is 292 g/mol.